The molecule has 0 aromatic carbocycles. The SMILES string of the molecule is COCC(NC(=O)C1(C(=O)O)CCC1)C(C)C. The Hall–Kier alpha value is -1.10. The Morgan fingerprint density at radius 3 is 2.29 bits per heavy atom. The summed E-state index contributed by atoms with van der Waals surface area (Å²) < 4.78 is 5.03. The lowest BCUT2D eigenvalue weighted by molar-refractivity contribution is -0.162. The average Bonchev–Trinajstić information content (AvgIpc) is 2.14. The van der Waals surface area contributed by atoms with Crippen molar-refractivity contribution in [3.63, 3.8) is 0 Å². The molecule has 0 bridgehead atoms. The van der Waals surface area contributed by atoms with E-state index in [1.165, 1.54) is 0 Å². The van der Waals surface area contributed by atoms with Crippen LogP contribution in [0, 0.1) is 11.3 Å². The molecule has 1 atom stereocenters. The fourth-order valence-corrected chi connectivity index (χ4v) is 1.96. The highest BCUT2D eigenvalue weighted by atomic mass is 16.5. The summed E-state index contributed by atoms with van der Waals surface area (Å²) in [5, 5.41) is 11.9. The van der Waals surface area contributed by atoms with Crippen molar-refractivity contribution in [3.8, 4) is 0 Å². The third-order valence-corrected chi connectivity index (χ3v) is 3.52. The molecule has 17 heavy (non-hydrogen) atoms. The van der Waals surface area contributed by atoms with Gasteiger partial charge in [0.2, 0.25) is 5.91 Å². The zero-order chi connectivity index (χ0) is 13.1. The Morgan fingerprint density at radius 1 is 1.41 bits per heavy atom. The number of amides is 1. The first kappa shape index (κ1) is 14.0. The van der Waals surface area contributed by atoms with Crippen LogP contribution in [-0.2, 0) is 14.3 Å². The molecule has 1 unspecified atom stereocenters. The highest BCUT2D eigenvalue weighted by Crippen LogP contribution is 2.41. The summed E-state index contributed by atoms with van der Waals surface area (Å²) in [5.74, 6) is -1.17. The summed E-state index contributed by atoms with van der Waals surface area (Å²) in [7, 11) is 1.57. The molecule has 0 saturated heterocycles. The Balaban J connectivity index is 2.66. The van der Waals surface area contributed by atoms with E-state index in [9.17, 15) is 9.59 Å². The van der Waals surface area contributed by atoms with Crippen LogP contribution in [0.25, 0.3) is 0 Å². The van der Waals surface area contributed by atoms with E-state index in [4.69, 9.17) is 9.84 Å². The van der Waals surface area contributed by atoms with Gasteiger partial charge in [0.05, 0.1) is 12.6 Å². The largest absolute Gasteiger partial charge is 0.480 e. The average molecular weight is 243 g/mol. The van der Waals surface area contributed by atoms with Gasteiger partial charge in [-0.15, -0.1) is 0 Å². The number of hydrogen-bond donors (Lipinski definition) is 2. The number of carbonyl (C=O) groups is 2. The number of carbonyl (C=O) groups excluding carboxylic acids is 1. The van der Waals surface area contributed by atoms with Crippen LogP contribution >= 0.6 is 0 Å². The van der Waals surface area contributed by atoms with E-state index in [2.05, 4.69) is 5.32 Å². The van der Waals surface area contributed by atoms with Crippen LogP contribution in [0.2, 0.25) is 0 Å². The molecule has 0 aromatic rings. The molecule has 1 aliphatic rings. The van der Waals surface area contributed by atoms with Crippen LogP contribution in [-0.4, -0.2) is 36.7 Å². The third kappa shape index (κ3) is 2.77. The van der Waals surface area contributed by atoms with Crippen molar-refractivity contribution in [1.82, 2.24) is 5.32 Å². The Bertz CT molecular complexity index is 297. The second kappa shape index (κ2) is 5.49. The van der Waals surface area contributed by atoms with Gasteiger partial charge in [0, 0.05) is 7.11 Å². The van der Waals surface area contributed by atoms with Gasteiger partial charge in [0.25, 0.3) is 0 Å². The Morgan fingerprint density at radius 2 is 2.00 bits per heavy atom. The standard InChI is InChI=1S/C12H21NO4/c1-8(2)9(7-17-3)13-10(14)12(11(15)16)5-4-6-12/h8-9H,4-7H2,1-3H3,(H,13,14)(H,15,16). The molecule has 2 N–H and O–H groups in total. The molecule has 0 radical (unpaired) electrons. The molecule has 0 heterocycles. The van der Waals surface area contributed by atoms with E-state index >= 15 is 0 Å². The molecular formula is C12H21NO4. The van der Waals surface area contributed by atoms with E-state index in [1.54, 1.807) is 7.11 Å². The Kier molecular flexibility index (Phi) is 4.51. The van der Waals surface area contributed by atoms with Crippen molar-refractivity contribution in [3.05, 3.63) is 0 Å². The van der Waals surface area contributed by atoms with E-state index in [0.717, 1.165) is 6.42 Å². The highest BCUT2D eigenvalue weighted by Gasteiger charge is 2.51. The summed E-state index contributed by atoms with van der Waals surface area (Å²) >= 11 is 0. The van der Waals surface area contributed by atoms with Gasteiger partial charge in [-0.3, -0.25) is 9.59 Å². The molecule has 0 spiro atoms. The number of aliphatic carboxylic acids is 1. The zero-order valence-corrected chi connectivity index (χ0v) is 10.7. The first-order valence-electron chi connectivity index (χ1n) is 5.97. The second-order valence-electron chi connectivity index (χ2n) is 5.02. The molecule has 98 valence electrons. The molecule has 0 aromatic heterocycles. The monoisotopic (exact) mass is 243 g/mol. The lowest BCUT2D eigenvalue weighted by atomic mass is 9.68. The maximum Gasteiger partial charge on any atom is 0.319 e. The topological polar surface area (TPSA) is 75.6 Å². The molecule has 5 nitrogen and oxygen atoms in total. The number of methoxy groups -OCH3 is 1. The van der Waals surface area contributed by atoms with Gasteiger partial charge in [-0.2, -0.15) is 0 Å². The van der Waals surface area contributed by atoms with Crippen LogP contribution in [0.4, 0.5) is 0 Å². The van der Waals surface area contributed by atoms with Gasteiger partial charge < -0.3 is 15.2 Å². The van der Waals surface area contributed by atoms with Gasteiger partial charge in [-0.1, -0.05) is 20.3 Å². The van der Waals surface area contributed by atoms with Gasteiger partial charge in [0.1, 0.15) is 5.41 Å². The predicted octanol–water partition coefficient (Wildman–Crippen LogP) is 1.03. The number of rotatable bonds is 6. The summed E-state index contributed by atoms with van der Waals surface area (Å²) in [6, 6.07) is -0.135. The molecular weight excluding hydrogens is 222 g/mol. The maximum atomic E-state index is 12.0. The summed E-state index contributed by atoms with van der Waals surface area (Å²) in [6.45, 7) is 4.34. The fourth-order valence-electron chi connectivity index (χ4n) is 1.96. The van der Waals surface area contributed by atoms with Gasteiger partial charge in [-0.25, -0.2) is 0 Å². The van der Waals surface area contributed by atoms with Crippen LogP contribution < -0.4 is 5.32 Å². The fraction of sp³-hybridized carbons (Fsp3) is 0.833. The number of nitrogens with one attached hydrogen (secondary N) is 1. The molecule has 1 fully saturated rings. The molecule has 1 rings (SSSR count). The zero-order valence-electron chi connectivity index (χ0n) is 10.7. The van der Waals surface area contributed by atoms with Gasteiger partial charge in [-0.05, 0) is 18.8 Å². The summed E-state index contributed by atoms with van der Waals surface area (Å²) in [5.41, 5.74) is -1.19. The van der Waals surface area contributed by atoms with Crippen molar-refractivity contribution in [2.75, 3.05) is 13.7 Å². The number of carboxylic acids is 1. The minimum atomic E-state index is -1.19. The molecule has 1 amide bonds. The third-order valence-electron chi connectivity index (χ3n) is 3.52. The molecule has 5 heteroatoms. The van der Waals surface area contributed by atoms with E-state index < -0.39 is 11.4 Å². The van der Waals surface area contributed by atoms with Crippen molar-refractivity contribution >= 4 is 11.9 Å². The van der Waals surface area contributed by atoms with E-state index in [0.29, 0.717) is 19.4 Å². The van der Waals surface area contributed by atoms with Crippen molar-refractivity contribution in [2.45, 2.75) is 39.2 Å². The second-order valence-corrected chi connectivity index (χ2v) is 5.02. The van der Waals surface area contributed by atoms with Gasteiger partial charge in [0.15, 0.2) is 0 Å². The van der Waals surface area contributed by atoms with Crippen molar-refractivity contribution in [2.24, 2.45) is 11.3 Å². The number of carboxylic acid groups (broad SMARTS) is 1. The minimum absolute atomic E-state index is 0.135. The molecule has 1 saturated carbocycles. The van der Waals surface area contributed by atoms with Gasteiger partial charge >= 0.3 is 5.97 Å². The van der Waals surface area contributed by atoms with Crippen molar-refractivity contribution < 1.29 is 19.4 Å². The van der Waals surface area contributed by atoms with Crippen LogP contribution in [0.15, 0.2) is 0 Å². The van der Waals surface area contributed by atoms with Crippen LogP contribution in [0.3, 0.4) is 0 Å². The molecule has 0 aliphatic heterocycles. The van der Waals surface area contributed by atoms with E-state index in [1.807, 2.05) is 13.8 Å². The quantitative estimate of drug-likeness (QED) is 0.683. The van der Waals surface area contributed by atoms with Crippen LogP contribution in [0.1, 0.15) is 33.1 Å². The Labute approximate surface area is 102 Å². The van der Waals surface area contributed by atoms with E-state index in [-0.39, 0.29) is 17.9 Å². The summed E-state index contributed by atoms with van der Waals surface area (Å²) in [4.78, 5) is 23.2. The number of hydrogen-bond acceptors (Lipinski definition) is 3. The van der Waals surface area contributed by atoms with Crippen LogP contribution in [0.5, 0.6) is 0 Å². The summed E-state index contributed by atoms with van der Waals surface area (Å²) in [6.07, 6.45) is 1.67. The normalized spacial score (nSPS) is 19.5. The first-order valence-corrected chi connectivity index (χ1v) is 5.97. The highest BCUT2D eigenvalue weighted by molar-refractivity contribution is 6.02. The first-order chi connectivity index (χ1) is 7.94. The number of ether oxygens (including phenoxy) is 1. The lowest BCUT2D eigenvalue weighted by Gasteiger charge is -2.37. The minimum Gasteiger partial charge on any atom is -0.480 e. The maximum absolute atomic E-state index is 12.0. The van der Waals surface area contributed by atoms with Crippen molar-refractivity contribution in [1.29, 1.82) is 0 Å². The lowest BCUT2D eigenvalue weighted by Crippen LogP contribution is -2.55. The predicted molar refractivity (Wildman–Crippen MR) is 62.6 cm³/mol. The molecule has 1 aliphatic carbocycles. The smallest absolute Gasteiger partial charge is 0.319 e.